The second-order valence-electron chi connectivity index (χ2n) is 6.27. The van der Waals surface area contributed by atoms with Gasteiger partial charge in [-0.25, -0.2) is 0 Å². The summed E-state index contributed by atoms with van der Waals surface area (Å²) in [7, 11) is 2.11. The molecule has 0 bridgehead atoms. The Bertz CT molecular complexity index is 588. The monoisotopic (exact) mass is 346 g/mol. The third-order valence-electron chi connectivity index (χ3n) is 3.36. The van der Waals surface area contributed by atoms with E-state index in [1.54, 1.807) is 0 Å². The first-order chi connectivity index (χ1) is 9.87. The number of hydrogen-bond donors (Lipinski definition) is 1. The minimum absolute atomic E-state index is 0.107. The van der Waals surface area contributed by atoms with Gasteiger partial charge >= 0.3 is 0 Å². The van der Waals surface area contributed by atoms with Crippen molar-refractivity contribution in [3.63, 3.8) is 0 Å². The van der Waals surface area contributed by atoms with Gasteiger partial charge in [0.05, 0.1) is 0 Å². The highest BCUT2D eigenvalue weighted by atomic mass is 79.9. The topological polar surface area (TPSA) is 15.3 Å². The SMILES string of the molecule is CN(c1ccccc1)c1cc(Br)ccc1CNC(C)(C)C. The van der Waals surface area contributed by atoms with E-state index in [0.29, 0.717) is 0 Å². The summed E-state index contributed by atoms with van der Waals surface area (Å²) in [6, 6.07) is 16.9. The number of hydrogen-bond acceptors (Lipinski definition) is 2. The van der Waals surface area contributed by atoms with Gasteiger partial charge in [-0.2, -0.15) is 0 Å². The van der Waals surface area contributed by atoms with E-state index >= 15 is 0 Å². The van der Waals surface area contributed by atoms with Crippen molar-refractivity contribution in [1.82, 2.24) is 5.32 Å². The minimum atomic E-state index is 0.107. The summed E-state index contributed by atoms with van der Waals surface area (Å²) in [6.07, 6.45) is 0. The minimum Gasteiger partial charge on any atom is -0.344 e. The summed E-state index contributed by atoms with van der Waals surface area (Å²) >= 11 is 3.58. The van der Waals surface area contributed by atoms with Crippen LogP contribution in [0.25, 0.3) is 0 Å². The third kappa shape index (κ3) is 4.58. The molecule has 0 heterocycles. The van der Waals surface area contributed by atoms with Crippen molar-refractivity contribution in [2.45, 2.75) is 32.9 Å². The summed E-state index contributed by atoms with van der Waals surface area (Å²) in [5.74, 6) is 0. The number of nitrogens with one attached hydrogen (secondary N) is 1. The Morgan fingerprint density at radius 1 is 1.05 bits per heavy atom. The van der Waals surface area contributed by atoms with Crippen molar-refractivity contribution in [1.29, 1.82) is 0 Å². The van der Waals surface area contributed by atoms with E-state index in [2.05, 4.69) is 96.4 Å². The van der Waals surface area contributed by atoms with Crippen LogP contribution in [0.1, 0.15) is 26.3 Å². The molecule has 21 heavy (non-hydrogen) atoms. The molecule has 3 heteroatoms. The summed E-state index contributed by atoms with van der Waals surface area (Å²) in [4.78, 5) is 2.23. The zero-order chi connectivity index (χ0) is 15.5. The fraction of sp³-hybridized carbons (Fsp3) is 0.333. The van der Waals surface area contributed by atoms with Gasteiger partial charge in [0.25, 0.3) is 0 Å². The molecule has 0 aliphatic heterocycles. The highest BCUT2D eigenvalue weighted by Crippen LogP contribution is 2.30. The highest BCUT2D eigenvalue weighted by Gasteiger charge is 2.13. The lowest BCUT2D eigenvalue weighted by atomic mass is 10.1. The first-order valence-corrected chi connectivity index (χ1v) is 7.98. The van der Waals surface area contributed by atoms with Gasteiger partial charge in [-0.05, 0) is 50.6 Å². The van der Waals surface area contributed by atoms with E-state index in [4.69, 9.17) is 0 Å². The zero-order valence-electron chi connectivity index (χ0n) is 13.2. The van der Waals surface area contributed by atoms with E-state index in [1.165, 1.54) is 16.9 Å². The third-order valence-corrected chi connectivity index (χ3v) is 3.85. The van der Waals surface area contributed by atoms with Crippen molar-refractivity contribution >= 4 is 27.3 Å². The van der Waals surface area contributed by atoms with Crippen LogP contribution in [0.15, 0.2) is 53.0 Å². The molecule has 0 spiro atoms. The number of anilines is 2. The van der Waals surface area contributed by atoms with Gasteiger partial charge in [0.2, 0.25) is 0 Å². The fourth-order valence-electron chi connectivity index (χ4n) is 2.15. The molecule has 2 aromatic rings. The second kappa shape index (κ2) is 6.63. The van der Waals surface area contributed by atoms with Gasteiger partial charge in [0.1, 0.15) is 0 Å². The molecule has 2 rings (SSSR count). The molecule has 0 amide bonds. The molecule has 0 aliphatic rings. The second-order valence-corrected chi connectivity index (χ2v) is 7.19. The standard InChI is InChI=1S/C18H23BrN2/c1-18(2,3)20-13-14-10-11-15(19)12-17(14)21(4)16-8-6-5-7-9-16/h5-12,20H,13H2,1-4H3. The molecule has 0 unspecified atom stereocenters. The van der Waals surface area contributed by atoms with Crippen molar-refractivity contribution < 1.29 is 0 Å². The van der Waals surface area contributed by atoms with Crippen LogP contribution in [0, 0.1) is 0 Å². The average Bonchev–Trinajstić information content (AvgIpc) is 2.45. The van der Waals surface area contributed by atoms with Crippen molar-refractivity contribution in [2.24, 2.45) is 0 Å². The first kappa shape index (κ1) is 16.1. The van der Waals surface area contributed by atoms with Crippen LogP contribution in [0.5, 0.6) is 0 Å². The van der Waals surface area contributed by atoms with Gasteiger partial charge in [-0.15, -0.1) is 0 Å². The summed E-state index contributed by atoms with van der Waals surface area (Å²) < 4.78 is 1.10. The summed E-state index contributed by atoms with van der Waals surface area (Å²) in [5.41, 5.74) is 3.80. The first-order valence-electron chi connectivity index (χ1n) is 7.19. The Hall–Kier alpha value is -1.32. The van der Waals surface area contributed by atoms with Crippen LogP contribution in [-0.4, -0.2) is 12.6 Å². The van der Waals surface area contributed by atoms with E-state index < -0.39 is 0 Å². The van der Waals surface area contributed by atoms with E-state index in [1.807, 2.05) is 6.07 Å². The molecule has 2 aromatic carbocycles. The number of nitrogens with zero attached hydrogens (tertiary/aromatic N) is 1. The van der Waals surface area contributed by atoms with E-state index in [-0.39, 0.29) is 5.54 Å². The van der Waals surface area contributed by atoms with Crippen LogP contribution < -0.4 is 10.2 Å². The lowest BCUT2D eigenvalue weighted by Crippen LogP contribution is -2.35. The molecule has 112 valence electrons. The van der Waals surface area contributed by atoms with Crippen molar-refractivity contribution in [2.75, 3.05) is 11.9 Å². The molecular weight excluding hydrogens is 324 g/mol. The zero-order valence-corrected chi connectivity index (χ0v) is 14.7. The molecule has 0 fully saturated rings. The van der Waals surface area contributed by atoms with Crippen LogP contribution in [0.3, 0.4) is 0 Å². The number of para-hydroxylation sites is 1. The molecule has 1 N–H and O–H groups in total. The van der Waals surface area contributed by atoms with Crippen LogP contribution >= 0.6 is 15.9 Å². The predicted molar refractivity (Wildman–Crippen MR) is 95.2 cm³/mol. The molecule has 0 saturated heterocycles. The number of rotatable bonds is 4. The largest absolute Gasteiger partial charge is 0.344 e. The molecule has 2 nitrogen and oxygen atoms in total. The van der Waals surface area contributed by atoms with Crippen LogP contribution in [0.4, 0.5) is 11.4 Å². The number of halogens is 1. The Morgan fingerprint density at radius 3 is 2.33 bits per heavy atom. The Balaban J connectivity index is 2.31. The van der Waals surface area contributed by atoms with Crippen LogP contribution in [0.2, 0.25) is 0 Å². The van der Waals surface area contributed by atoms with Gasteiger partial charge in [0, 0.05) is 35.0 Å². The summed E-state index contributed by atoms with van der Waals surface area (Å²) in [6.45, 7) is 7.41. The predicted octanol–water partition coefficient (Wildman–Crippen LogP) is 5.11. The van der Waals surface area contributed by atoms with E-state index in [0.717, 1.165) is 11.0 Å². The molecule has 0 aromatic heterocycles. The normalized spacial score (nSPS) is 11.5. The highest BCUT2D eigenvalue weighted by molar-refractivity contribution is 9.10. The number of benzene rings is 2. The summed E-state index contributed by atoms with van der Waals surface area (Å²) in [5, 5.41) is 3.56. The molecule has 0 atom stereocenters. The van der Waals surface area contributed by atoms with Crippen molar-refractivity contribution in [3.8, 4) is 0 Å². The maximum Gasteiger partial charge on any atom is 0.0465 e. The fourth-order valence-corrected chi connectivity index (χ4v) is 2.50. The average molecular weight is 347 g/mol. The van der Waals surface area contributed by atoms with Crippen LogP contribution in [-0.2, 0) is 6.54 Å². The molecular formula is C18H23BrN2. The Morgan fingerprint density at radius 2 is 1.71 bits per heavy atom. The maximum absolute atomic E-state index is 3.58. The quantitative estimate of drug-likeness (QED) is 0.827. The Kier molecular flexibility index (Phi) is 5.07. The molecule has 0 radical (unpaired) electrons. The van der Waals surface area contributed by atoms with Gasteiger partial charge in [0.15, 0.2) is 0 Å². The van der Waals surface area contributed by atoms with Gasteiger partial charge < -0.3 is 10.2 Å². The maximum atomic E-state index is 3.58. The lowest BCUT2D eigenvalue weighted by molar-refractivity contribution is 0.424. The van der Waals surface area contributed by atoms with Gasteiger partial charge in [-0.1, -0.05) is 40.2 Å². The molecule has 0 saturated carbocycles. The van der Waals surface area contributed by atoms with Crippen molar-refractivity contribution in [3.05, 3.63) is 58.6 Å². The molecule has 0 aliphatic carbocycles. The van der Waals surface area contributed by atoms with Gasteiger partial charge in [-0.3, -0.25) is 0 Å². The van der Waals surface area contributed by atoms with E-state index in [9.17, 15) is 0 Å². The lowest BCUT2D eigenvalue weighted by Gasteiger charge is -2.26. The Labute approximate surface area is 136 Å². The smallest absolute Gasteiger partial charge is 0.0465 e.